The van der Waals surface area contributed by atoms with Gasteiger partial charge in [0.1, 0.15) is 17.1 Å². The summed E-state index contributed by atoms with van der Waals surface area (Å²) in [6, 6.07) is 11.6. The minimum atomic E-state index is -0.555. The zero-order valence-electron chi connectivity index (χ0n) is 16.2. The Morgan fingerprint density at radius 1 is 1.07 bits per heavy atom. The number of rotatable bonds is 4. The summed E-state index contributed by atoms with van der Waals surface area (Å²) in [7, 11) is 0. The van der Waals surface area contributed by atoms with Gasteiger partial charge in [-0.05, 0) is 48.7 Å². The molecule has 1 aromatic heterocycles. The quantitative estimate of drug-likeness (QED) is 0.637. The first kappa shape index (κ1) is 19.0. The zero-order chi connectivity index (χ0) is 19.8. The van der Waals surface area contributed by atoms with E-state index in [1.807, 2.05) is 12.1 Å². The molecule has 1 fully saturated rings. The fourth-order valence-electron chi connectivity index (χ4n) is 3.96. The Kier molecular flexibility index (Phi) is 5.15. The number of furan rings is 1. The predicted octanol–water partition coefficient (Wildman–Crippen LogP) is 3.92. The third kappa shape index (κ3) is 3.65. The normalized spacial score (nSPS) is 22.6. The van der Waals surface area contributed by atoms with Crippen molar-refractivity contribution in [2.45, 2.75) is 51.4 Å². The molecular weight excluding hydrogens is 356 g/mol. The van der Waals surface area contributed by atoms with Crippen molar-refractivity contribution in [3.8, 4) is 5.75 Å². The molecule has 1 aliphatic heterocycles. The van der Waals surface area contributed by atoms with Gasteiger partial charge < -0.3 is 24.5 Å². The van der Waals surface area contributed by atoms with E-state index in [1.54, 1.807) is 6.07 Å². The average Bonchev–Trinajstić information content (AvgIpc) is 3.09. The van der Waals surface area contributed by atoms with Crippen LogP contribution in [0.1, 0.15) is 47.0 Å². The van der Waals surface area contributed by atoms with E-state index < -0.39 is 18.3 Å². The molecule has 5 nitrogen and oxygen atoms in total. The number of aliphatic hydroxyl groups excluding tert-OH is 2. The molecule has 2 heterocycles. The van der Waals surface area contributed by atoms with Crippen molar-refractivity contribution in [2.75, 3.05) is 6.61 Å². The van der Waals surface area contributed by atoms with Crippen LogP contribution >= 0.6 is 0 Å². The lowest BCUT2D eigenvalue weighted by Crippen LogP contribution is -2.33. The Morgan fingerprint density at radius 3 is 2.68 bits per heavy atom. The molecule has 3 unspecified atom stereocenters. The highest BCUT2D eigenvalue weighted by molar-refractivity contribution is 5.82. The molecule has 0 radical (unpaired) electrons. The van der Waals surface area contributed by atoms with Crippen LogP contribution in [0, 0.1) is 13.8 Å². The molecule has 3 aromatic rings. The van der Waals surface area contributed by atoms with Crippen molar-refractivity contribution in [1.82, 2.24) is 0 Å². The first-order valence-electron chi connectivity index (χ1n) is 9.69. The highest BCUT2D eigenvalue weighted by Crippen LogP contribution is 2.37. The second kappa shape index (κ2) is 7.59. The minimum Gasteiger partial charge on any atom is -0.508 e. The van der Waals surface area contributed by atoms with Crippen LogP contribution in [-0.4, -0.2) is 34.1 Å². The maximum Gasteiger partial charge on any atom is 0.137 e. The molecule has 148 valence electrons. The van der Waals surface area contributed by atoms with E-state index in [1.165, 1.54) is 5.56 Å². The monoisotopic (exact) mass is 382 g/mol. The zero-order valence-corrected chi connectivity index (χ0v) is 16.2. The summed E-state index contributed by atoms with van der Waals surface area (Å²) in [5.74, 6) is 0.994. The van der Waals surface area contributed by atoms with Gasteiger partial charge >= 0.3 is 0 Å². The van der Waals surface area contributed by atoms with Crippen LogP contribution in [0.2, 0.25) is 0 Å². The van der Waals surface area contributed by atoms with Gasteiger partial charge in [-0.3, -0.25) is 0 Å². The summed E-state index contributed by atoms with van der Waals surface area (Å²) in [6.07, 6.45) is -0.0126. The van der Waals surface area contributed by atoms with Gasteiger partial charge in [-0.25, -0.2) is 0 Å². The number of phenolic OH excluding ortho intramolecular Hbond substituents is 1. The van der Waals surface area contributed by atoms with Crippen molar-refractivity contribution < 1.29 is 24.5 Å². The molecule has 1 saturated heterocycles. The van der Waals surface area contributed by atoms with Gasteiger partial charge in [0, 0.05) is 30.2 Å². The van der Waals surface area contributed by atoms with Crippen molar-refractivity contribution >= 4 is 11.0 Å². The molecule has 4 rings (SSSR count). The molecule has 0 amide bonds. The van der Waals surface area contributed by atoms with E-state index >= 15 is 0 Å². The highest BCUT2D eigenvalue weighted by Gasteiger charge is 2.30. The Bertz CT molecular complexity index is 990. The van der Waals surface area contributed by atoms with Gasteiger partial charge in [-0.15, -0.1) is 0 Å². The lowest BCUT2D eigenvalue weighted by Gasteiger charge is -2.33. The number of aromatic hydroxyl groups is 1. The second-order valence-corrected chi connectivity index (χ2v) is 7.76. The van der Waals surface area contributed by atoms with Gasteiger partial charge in [0.05, 0.1) is 24.9 Å². The third-order valence-electron chi connectivity index (χ3n) is 5.66. The van der Waals surface area contributed by atoms with Gasteiger partial charge in [0.25, 0.3) is 0 Å². The van der Waals surface area contributed by atoms with Gasteiger partial charge in [-0.1, -0.05) is 18.2 Å². The van der Waals surface area contributed by atoms with Crippen LogP contribution in [-0.2, 0) is 11.2 Å². The topological polar surface area (TPSA) is 83.1 Å². The summed E-state index contributed by atoms with van der Waals surface area (Å²) in [5.41, 5.74) is 4.89. The number of hydrogen-bond acceptors (Lipinski definition) is 5. The first-order valence-corrected chi connectivity index (χ1v) is 9.69. The molecule has 0 bridgehead atoms. The maximum absolute atomic E-state index is 10.3. The summed E-state index contributed by atoms with van der Waals surface area (Å²) in [6.45, 7) is 3.99. The lowest BCUT2D eigenvalue weighted by atomic mass is 9.94. The van der Waals surface area contributed by atoms with Crippen LogP contribution in [0.15, 0.2) is 40.8 Å². The Morgan fingerprint density at radius 2 is 1.89 bits per heavy atom. The molecule has 1 aliphatic rings. The SMILES string of the molecule is Cc1ccc2cc(Cc3ccc(O)c(C4CC(O)CC(CO)O4)c3)oc2c1C. The Hall–Kier alpha value is -2.34. The number of fused-ring (bicyclic) bond motifs is 1. The van der Waals surface area contributed by atoms with Crippen molar-refractivity contribution in [2.24, 2.45) is 0 Å². The van der Waals surface area contributed by atoms with E-state index in [-0.39, 0.29) is 12.4 Å². The van der Waals surface area contributed by atoms with Crippen LogP contribution in [0.5, 0.6) is 5.75 Å². The largest absolute Gasteiger partial charge is 0.508 e. The fourth-order valence-corrected chi connectivity index (χ4v) is 3.96. The average molecular weight is 382 g/mol. The molecule has 3 atom stereocenters. The van der Waals surface area contributed by atoms with Gasteiger partial charge in [0.15, 0.2) is 0 Å². The van der Waals surface area contributed by atoms with E-state index in [2.05, 4.69) is 32.0 Å². The summed E-state index contributed by atoms with van der Waals surface area (Å²) in [4.78, 5) is 0. The first-order chi connectivity index (χ1) is 13.4. The Balaban J connectivity index is 1.61. The van der Waals surface area contributed by atoms with Gasteiger partial charge in [-0.2, -0.15) is 0 Å². The summed E-state index contributed by atoms with van der Waals surface area (Å²) in [5, 5.41) is 30.9. The number of aliphatic hydroxyl groups is 2. The number of aryl methyl sites for hydroxylation is 2. The third-order valence-corrected chi connectivity index (χ3v) is 5.66. The molecule has 0 saturated carbocycles. The van der Waals surface area contributed by atoms with Crippen molar-refractivity contribution in [3.05, 3.63) is 64.4 Å². The maximum atomic E-state index is 10.3. The second-order valence-electron chi connectivity index (χ2n) is 7.76. The lowest BCUT2D eigenvalue weighted by molar-refractivity contribution is -0.114. The van der Waals surface area contributed by atoms with Crippen molar-refractivity contribution in [3.63, 3.8) is 0 Å². The van der Waals surface area contributed by atoms with Crippen LogP contribution < -0.4 is 0 Å². The number of phenols is 1. The smallest absolute Gasteiger partial charge is 0.137 e. The van der Waals surface area contributed by atoms with Crippen LogP contribution in [0.4, 0.5) is 0 Å². The number of hydrogen-bond donors (Lipinski definition) is 3. The molecule has 5 heteroatoms. The minimum absolute atomic E-state index is 0.135. The van der Waals surface area contributed by atoms with E-state index in [4.69, 9.17) is 9.15 Å². The highest BCUT2D eigenvalue weighted by atomic mass is 16.5. The Labute approximate surface area is 164 Å². The molecule has 3 N–H and O–H groups in total. The van der Waals surface area contributed by atoms with Crippen molar-refractivity contribution in [1.29, 1.82) is 0 Å². The fraction of sp³-hybridized carbons (Fsp3) is 0.391. The van der Waals surface area contributed by atoms with Crippen LogP contribution in [0.3, 0.4) is 0 Å². The van der Waals surface area contributed by atoms with Crippen LogP contribution in [0.25, 0.3) is 11.0 Å². The summed E-state index contributed by atoms with van der Waals surface area (Å²) < 4.78 is 11.9. The van der Waals surface area contributed by atoms with E-state index in [0.717, 1.165) is 27.9 Å². The molecule has 0 spiro atoms. The van der Waals surface area contributed by atoms with E-state index in [0.29, 0.717) is 24.8 Å². The molecular formula is C23H26O5. The molecule has 0 aliphatic carbocycles. The van der Waals surface area contributed by atoms with E-state index in [9.17, 15) is 15.3 Å². The predicted molar refractivity (Wildman–Crippen MR) is 107 cm³/mol. The number of ether oxygens (including phenoxy) is 1. The number of benzene rings is 2. The summed E-state index contributed by atoms with van der Waals surface area (Å²) >= 11 is 0. The standard InChI is InChI=1S/C23H26O5/c1-13-3-5-16-9-18(28-23(16)14(13)2)7-15-4-6-21(26)20(8-15)22-11-17(25)10-19(12-24)27-22/h3-6,8-9,17,19,22,24-26H,7,10-12H2,1-2H3. The molecule has 2 aromatic carbocycles. The molecule has 28 heavy (non-hydrogen) atoms. The van der Waals surface area contributed by atoms with Gasteiger partial charge in [0.2, 0.25) is 0 Å².